The number of hydrogen-bond acceptors (Lipinski definition) is 1. The van der Waals surface area contributed by atoms with Crippen LogP contribution in [-0.4, -0.2) is 6.29 Å². The van der Waals surface area contributed by atoms with Gasteiger partial charge in [-0.3, -0.25) is 0 Å². The first-order chi connectivity index (χ1) is 7.43. The number of allylic oxidation sites excluding steroid dienone is 2. The van der Waals surface area contributed by atoms with Gasteiger partial charge in [0, 0.05) is 5.92 Å². The molecular formula is C14H24O. The average Bonchev–Trinajstić information content (AvgIpc) is 2.29. The van der Waals surface area contributed by atoms with Crippen LogP contribution in [0.5, 0.6) is 0 Å². The lowest BCUT2D eigenvalue weighted by Gasteiger charge is -2.08. The quantitative estimate of drug-likeness (QED) is 0.464. The summed E-state index contributed by atoms with van der Waals surface area (Å²) in [4.78, 5) is 10.8. The smallest absolute Gasteiger partial charge is 0.123 e. The Kier molecular flexibility index (Phi) is 7.24. The minimum Gasteiger partial charge on any atom is -0.303 e. The van der Waals surface area contributed by atoms with Crippen molar-refractivity contribution in [2.24, 2.45) is 5.92 Å². The highest BCUT2D eigenvalue weighted by Gasteiger charge is 2.06. The fraction of sp³-hybridized carbons (Fsp3) is 0.786. The van der Waals surface area contributed by atoms with Crippen LogP contribution in [-0.2, 0) is 4.79 Å². The molecule has 0 aromatic heterocycles. The molecule has 0 saturated heterocycles. The van der Waals surface area contributed by atoms with Crippen molar-refractivity contribution in [3.63, 3.8) is 0 Å². The molecule has 0 amide bonds. The Hall–Kier alpha value is -0.590. The van der Waals surface area contributed by atoms with Crippen LogP contribution in [0, 0.1) is 5.92 Å². The molecule has 0 atom stereocenters. The molecule has 0 fully saturated rings. The third-order valence-electron chi connectivity index (χ3n) is 3.25. The van der Waals surface area contributed by atoms with E-state index in [-0.39, 0.29) is 0 Å². The molecule has 86 valence electrons. The topological polar surface area (TPSA) is 17.1 Å². The lowest BCUT2D eigenvalue weighted by molar-refractivity contribution is -0.111. The molecule has 0 aromatic rings. The van der Waals surface area contributed by atoms with Crippen LogP contribution in [0.2, 0.25) is 0 Å². The van der Waals surface area contributed by atoms with Crippen molar-refractivity contribution in [3.8, 4) is 0 Å². The molecule has 0 aromatic carbocycles. The fourth-order valence-electron chi connectivity index (χ4n) is 2.21. The molecule has 0 heterocycles. The zero-order valence-electron chi connectivity index (χ0n) is 9.79. The molecule has 15 heavy (non-hydrogen) atoms. The molecule has 1 aliphatic carbocycles. The molecule has 0 spiro atoms. The lowest BCUT2D eigenvalue weighted by Crippen LogP contribution is -2.01. The van der Waals surface area contributed by atoms with E-state index in [4.69, 9.17) is 0 Å². The maximum atomic E-state index is 10.8. The van der Waals surface area contributed by atoms with Crippen molar-refractivity contribution in [2.45, 2.75) is 64.2 Å². The zero-order valence-corrected chi connectivity index (χ0v) is 9.79. The Morgan fingerprint density at radius 1 is 0.800 bits per heavy atom. The molecule has 0 saturated carbocycles. The van der Waals surface area contributed by atoms with Crippen LogP contribution < -0.4 is 0 Å². The van der Waals surface area contributed by atoms with Gasteiger partial charge in [-0.25, -0.2) is 0 Å². The van der Waals surface area contributed by atoms with Gasteiger partial charge in [-0.2, -0.15) is 0 Å². The minimum atomic E-state index is 0.346. The Bertz CT molecular complexity index is 168. The van der Waals surface area contributed by atoms with E-state index >= 15 is 0 Å². The Morgan fingerprint density at radius 2 is 1.33 bits per heavy atom. The van der Waals surface area contributed by atoms with Crippen molar-refractivity contribution in [3.05, 3.63) is 12.2 Å². The van der Waals surface area contributed by atoms with E-state index in [0.717, 1.165) is 12.8 Å². The van der Waals surface area contributed by atoms with E-state index in [1.807, 2.05) is 0 Å². The van der Waals surface area contributed by atoms with Gasteiger partial charge in [-0.1, -0.05) is 37.8 Å². The molecule has 1 rings (SSSR count). The minimum absolute atomic E-state index is 0.346. The van der Waals surface area contributed by atoms with Crippen LogP contribution in [0.4, 0.5) is 0 Å². The summed E-state index contributed by atoms with van der Waals surface area (Å²) in [5.41, 5.74) is 0. The third kappa shape index (κ3) is 6.48. The molecule has 0 aliphatic heterocycles. The van der Waals surface area contributed by atoms with Gasteiger partial charge in [0.2, 0.25) is 0 Å². The van der Waals surface area contributed by atoms with Crippen LogP contribution >= 0.6 is 0 Å². The molecule has 1 heteroatoms. The number of aldehydes is 1. The van der Waals surface area contributed by atoms with Gasteiger partial charge in [0.15, 0.2) is 0 Å². The highest BCUT2D eigenvalue weighted by Crippen LogP contribution is 2.17. The fourth-order valence-corrected chi connectivity index (χ4v) is 2.21. The maximum absolute atomic E-state index is 10.8. The van der Waals surface area contributed by atoms with E-state index in [1.54, 1.807) is 0 Å². The highest BCUT2D eigenvalue weighted by atomic mass is 16.1. The van der Waals surface area contributed by atoms with Gasteiger partial charge in [0.1, 0.15) is 6.29 Å². The predicted octanol–water partition coefficient (Wildman–Crippen LogP) is 4.27. The van der Waals surface area contributed by atoms with E-state index in [0.29, 0.717) is 5.92 Å². The normalized spacial score (nSPS) is 24.5. The highest BCUT2D eigenvalue weighted by molar-refractivity contribution is 5.53. The van der Waals surface area contributed by atoms with Crippen LogP contribution in [0.1, 0.15) is 64.2 Å². The Morgan fingerprint density at radius 3 is 1.80 bits per heavy atom. The largest absolute Gasteiger partial charge is 0.303 e. The second-order valence-electron chi connectivity index (χ2n) is 4.64. The summed E-state index contributed by atoms with van der Waals surface area (Å²) in [5, 5.41) is 0. The first kappa shape index (κ1) is 12.5. The van der Waals surface area contributed by atoms with Crippen LogP contribution in [0.3, 0.4) is 0 Å². The zero-order chi connectivity index (χ0) is 10.8. The lowest BCUT2D eigenvalue weighted by atomic mass is 9.96. The Labute approximate surface area is 93.9 Å². The van der Waals surface area contributed by atoms with Gasteiger partial charge in [-0.15, -0.1) is 0 Å². The van der Waals surface area contributed by atoms with Gasteiger partial charge in [0.25, 0.3) is 0 Å². The molecule has 0 N–H and O–H groups in total. The predicted molar refractivity (Wildman–Crippen MR) is 64.9 cm³/mol. The van der Waals surface area contributed by atoms with E-state index in [9.17, 15) is 4.79 Å². The first-order valence-corrected chi connectivity index (χ1v) is 6.54. The summed E-state index contributed by atoms with van der Waals surface area (Å²) in [5.74, 6) is 0.346. The third-order valence-corrected chi connectivity index (χ3v) is 3.25. The second kappa shape index (κ2) is 8.70. The number of carbonyl (C=O) groups excluding carboxylic acids is 1. The average molecular weight is 208 g/mol. The van der Waals surface area contributed by atoms with Crippen molar-refractivity contribution in [2.75, 3.05) is 0 Å². The standard InChI is InChI=1S/C14H24O/c15-13-14-11-9-7-5-3-1-2-4-6-8-10-12-14/h1-2,13-14H,3-12H2/b2-1-. The SMILES string of the molecule is O=CC1CCCCC/C=C\CCCCC1. The molecule has 1 aliphatic rings. The van der Waals surface area contributed by atoms with Gasteiger partial charge in [0.05, 0.1) is 0 Å². The number of hydrogen-bond donors (Lipinski definition) is 0. The second-order valence-corrected chi connectivity index (χ2v) is 4.64. The Balaban J connectivity index is 2.26. The van der Waals surface area contributed by atoms with E-state index < -0.39 is 0 Å². The van der Waals surface area contributed by atoms with Gasteiger partial charge >= 0.3 is 0 Å². The molecular weight excluding hydrogens is 184 g/mol. The van der Waals surface area contributed by atoms with Gasteiger partial charge in [-0.05, 0) is 38.5 Å². The summed E-state index contributed by atoms with van der Waals surface area (Å²) in [6, 6.07) is 0. The van der Waals surface area contributed by atoms with Crippen molar-refractivity contribution in [1.29, 1.82) is 0 Å². The van der Waals surface area contributed by atoms with Crippen LogP contribution in [0.15, 0.2) is 12.2 Å². The van der Waals surface area contributed by atoms with E-state index in [2.05, 4.69) is 12.2 Å². The summed E-state index contributed by atoms with van der Waals surface area (Å²) >= 11 is 0. The van der Waals surface area contributed by atoms with Crippen molar-refractivity contribution >= 4 is 6.29 Å². The molecule has 0 unspecified atom stereocenters. The first-order valence-electron chi connectivity index (χ1n) is 6.54. The molecule has 0 bridgehead atoms. The summed E-state index contributed by atoms with van der Waals surface area (Å²) < 4.78 is 0. The van der Waals surface area contributed by atoms with Crippen LogP contribution in [0.25, 0.3) is 0 Å². The maximum Gasteiger partial charge on any atom is 0.123 e. The number of rotatable bonds is 1. The summed E-state index contributed by atoms with van der Waals surface area (Å²) in [7, 11) is 0. The number of carbonyl (C=O) groups is 1. The summed E-state index contributed by atoms with van der Waals surface area (Å²) in [6.45, 7) is 0. The van der Waals surface area contributed by atoms with E-state index in [1.165, 1.54) is 57.7 Å². The van der Waals surface area contributed by atoms with Crippen molar-refractivity contribution < 1.29 is 4.79 Å². The summed E-state index contributed by atoms with van der Waals surface area (Å²) in [6.07, 6.45) is 18.2. The monoisotopic (exact) mass is 208 g/mol. The molecule has 0 radical (unpaired) electrons. The van der Waals surface area contributed by atoms with Crippen molar-refractivity contribution in [1.82, 2.24) is 0 Å². The van der Waals surface area contributed by atoms with Gasteiger partial charge < -0.3 is 4.79 Å². The molecule has 1 nitrogen and oxygen atoms in total.